The summed E-state index contributed by atoms with van der Waals surface area (Å²) >= 11 is 0. The third-order valence-corrected chi connectivity index (χ3v) is 3.24. The summed E-state index contributed by atoms with van der Waals surface area (Å²) < 4.78 is 7.08. The average molecular weight is 275 g/mol. The van der Waals surface area contributed by atoms with Gasteiger partial charge in [-0.15, -0.1) is 0 Å². The van der Waals surface area contributed by atoms with Crippen molar-refractivity contribution < 1.29 is 4.74 Å². The van der Waals surface area contributed by atoms with Crippen LogP contribution in [0, 0.1) is 20.8 Å². The summed E-state index contributed by atoms with van der Waals surface area (Å²) in [6.07, 6.45) is 3.47. The number of methoxy groups -OCH3 is 1. The van der Waals surface area contributed by atoms with Crippen LogP contribution >= 0.6 is 0 Å². The molecule has 2 aromatic rings. The smallest absolute Gasteiger partial charge is 0.145 e. The lowest BCUT2D eigenvalue weighted by atomic mass is 10.2. The predicted molar refractivity (Wildman–Crippen MR) is 77.7 cm³/mol. The molecular weight excluding hydrogens is 254 g/mol. The van der Waals surface area contributed by atoms with Crippen LogP contribution in [0.2, 0.25) is 0 Å². The Balaban J connectivity index is 2.07. The first-order chi connectivity index (χ1) is 9.61. The van der Waals surface area contributed by atoms with Gasteiger partial charge < -0.3 is 10.1 Å². The Labute approximate surface area is 119 Å². The Morgan fingerprint density at radius 3 is 2.75 bits per heavy atom. The highest BCUT2D eigenvalue weighted by molar-refractivity contribution is 5.35. The lowest BCUT2D eigenvalue weighted by Gasteiger charge is -2.07. The van der Waals surface area contributed by atoms with Crippen molar-refractivity contribution in [3.05, 3.63) is 35.0 Å². The lowest BCUT2D eigenvalue weighted by Crippen LogP contribution is -2.08. The number of aromatic nitrogens is 4. The fourth-order valence-electron chi connectivity index (χ4n) is 2.11. The van der Waals surface area contributed by atoms with E-state index in [1.54, 1.807) is 19.5 Å². The van der Waals surface area contributed by atoms with Crippen LogP contribution in [-0.2, 0) is 17.8 Å². The standard InChI is InChI=1S/C14H21N5O/c1-10-7-15-9-14(17-10)16-8-13-11(2)18-19(12(13)3)5-6-20-4/h7,9H,5-6,8H2,1-4H3,(H,16,17). The second kappa shape index (κ2) is 6.47. The topological polar surface area (TPSA) is 64.9 Å². The van der Waals surface area contributed by atoms with Gasteiger partial charge in [0.1, 0.15) is 5.82 Å². The molecule has 1 N–H and O–H groups in total. The molecule has 0 spiro atoms. The maximum absolute atomic E-state index is 5.10. The van der Waals surface area contributed by atoms with Gasteiger partial charge in [0, 0.05) is 31.1 Å². The molecule has 2 aromatic heterocycles. The summed E-state index contributed by atoms with van der Waals surface area (Å²) in [5.41, 5.74) is 4.29. The molecule has 0 aromatic carbocycles. The molecule has 0 amide bonds. The number of nitrogens with zero attached hydrogens (tertiary/aromatic N) is 4. The highest BCUT2D eigenvalue weighted by atomic mass is 16.5. The summed E-state index contributed by atoms with van der Waals surface area (Å²) in [5, 5.41) is 7.83. The van der Waals surface area contributed by atoms with Gasteiger partial charge >= 0.3 is 0 Å². The Morgan fingerprint density at radius 2 is 2.05 bits per heavy atom. The van der Waals surface area contributed by atoms with Gasteiger partial charge in [-0.2, -0.15) is 5.10 Å². The van der Waals surface area contributed by atoms with Gasteiger partial charge in [0.15, 0.2) is 0 Å². The average Bonchev–Trinajstić information content (AvgIpc) is 2.69. The van der Waals surface area contributed by atoms with Crippen molar-refractivity contribution in [2.45, 2.75) is 33.9 Å². The second-order valence-corrected chi connectivity index (χ2v) is 4.76. The van der Waals surface area contributed by atoms with E-state index in [9.17, 15) is 0 Å². The van der Waals surface area contributed by atoms with Crippen LogP contribution in [0.15, 0.2) is 12.4 Å². The molecule has 20 heavy (non-hydrogen) atoms. The first kappa shape index (κ1) is 14.5. The van der Waals surface area contributed by atoms with Crippen molar-refractivity contribution in [3.63, 3.8) is 0 Å². The molecule has 0 radical (unpaired) electrons. The van der Waals surface area contributed by atoms with E-state index in [1.807, 2.05) is 18.5 Å². The number of aryl methyl sites for hydroxylation is 2. The molecule has 0 atom stereocenters. The normalized spacial score (nSPS) is 10.8. The molecule has 2 rings (SSSR count). The summed E-state index contributed by atoms with van der Waals surface area (Å²) in [5.74, 6) is 0.786. The minimum absolute atomic E-state index is 0.665. The lowest BCUT2D eigenvalue weighted by molar-refractivity contribution is 0.182. The molecule has 0 saturated heterocycles. The van der Waals surface area contributed by atoms with Gasteiger partial charge in [-0.1, -0.05) is 0 Å². The van der Waals surface area contributed by atoms with E-state index >= 15 is 0 Å². The molecule has 108 valence electrons. The van der Waals surface area contributed by atoms with Gasteiger partial charge in [0.2, 0.25) is 0 Å². The number of anilines is 1. The molecule has 0 aliphatic rings. The summed E-state index contributed by atoms with van der Waals surface area (Å²) in [4.78, 5) is 8.51. The van der Waals surface area contributed by atoms with Gasteiger partial charge in [0.25, 0.3) is 0 Å². The fraction of sp³-hybridized carbons (Fsp3) is 0.500. The van der Waals surface area contributed by atoms with Crippen molar-refractivity contribution >= 4 is 5.82 Å². The van der Waals surface area contributed by atoms with Gasteiger partial charge in [-0.3, -0.25) is 9.67 Å². The first-order valence-corrected chi connectivity index (χ1v) is 6.66. The molecule has 6 heteroatoms. The largest absolute Gasteiger partial charge is 0.383 e. The van der Waals surface area contributed by atoms with Crippen LogP contribution < -0.4 is 5.32 Å². The van der Waals surface area contributed by atoms with Crippen molar-refractivity contribution in [2.24, 2.45) is 0 Å². The molecular formula is C14H21N5O. The van der Waals surface area contributed by atoms with Crippen molar-refractivity contribution in [2.75, 3.05) is 19.0 Å². The first-order valence-electron chi connectivity index (χ1n) is 6.66. The number of hydrogen-bond donors (Lipinski definition) is 1. The minimum atomic E-state index is 0.665. The van der Waals surface area contributed by atoms with Crippen molar-refractivity contribution in [3.8, 4) is 0 Å². The predicted octanol–water partition coefficient (Wildman–Crippen LogP) is 1.86. The summed E-state index contributed by atoms with van der Waals surface area (Å²) in [6, 6.07) is 0. The van der Waals surface area contributed by atoms with Crippen LogP contribution in [0.4, 0.5) is 5.82 Å². The highest BCUT2D eigenvalue weighted by Gasteiger charge is 2.11. The second-order valence-electron chi connectivity index (χ2n) is 4.76. The van der Waals surface area contributed by atoms with E-state index in [0.29, 0.717) is 13.2 Å². The fourth-order valence-corrected chi connectivity index (χ4v) is 2.11. The third kappa shape index (κ3) is 3.33. The quantitative estimate of drug-likeness (QED) is 0.871. The zero-order chi connectivity index (χ0) is 14.5. The molecule has 2 heterocycles. The van der Waals surface area contributed by atoms with Gasteiger partial charge in [-0.25, -0.2) is 4.98 Å². The maximum Gasteiger partial charge on any atom is 0.145 e. The highest BCUT2D eigenvalue weighted by Crippen LogP contribution is 2.14. The Bertz CT molecular complexity index is 579. The summed E-state index contributed by atoms with van der Waals surface area (Å²) in [6.45, 7) is 8.16. The molecule has 0 unspecified atom stereocenters. The number of nitrogens with one attached hydrogen (secondary N) is 1. The molecule has 6 nitrogen and oxygen atoms in total. The van der Waals surface area contributed by atoms with E-state index < -0.39 is 0 Å². The number of rotatable bonds is 6. The zero-order valence-corrected chi connectivity index (χ0v) is 12.5. The van der Waals surface area contributed by atoms with Crippen molar-refractivity contribution in [1.29, 1.82) is 0 Å². The number of ether oxygens (including phenoxy) is 1. The van der Waals surface area contributed by atoms with E-state index in [2.05, 4.69) is 27.3 Å². The van der Waals surface area contributed by atoms with Crippen LogP contribution in [0.3, 0.4) is 0 Å². The Hall–Kier alpha value is -1.95. The maximum atomic E-state index is 5.10. The van der Waals surface area contributed by atoms with Gasteiger partial charge in [0.05, 0.1) is 30.7 Å². The third-order valence-electron chi connectivity index (χ3n) is 3.24. The van der Waals surface area contributed by atoms with E-state index in [1.165, 1.54) is 5.56 Å². The van der Waals surface area contributed by atoms with E-state index in [0.717, 1.165) is 29.4 Å². The van der Waals surface area contributed by atoms with E-state index in [4.69, 9.17) is 4.74 Å². The summed E-state index contributed by atoms with van der Waals surface area (Å²) in [7, 11) is 1.70. The van der Waals surface area contributed by atoms with Gasteiger partial charge in [-0.05, 0) is 20.8 Å². The SMILES string of the molecule is COCCn1nc(C)c(CNc2cncc(C)n2)c1C. The monoisotopic (exact) mass is 275 g/mol. The molecule has 0 bridgehead atoms. The zero-order valence-electron chi connectivity index (χ0n) is 12.5. The van der Waals surface area contributed by atoms with Crippen LogP contribution in [0.1, 0.15) is 22.6 Å². The Kier molecular flexibility index (Phi) is 4.68. The minimum Gasteiger partial charge on any atom is -0.383 e. The molecule has 0 aliphatic heterocycles. The number of hydrogen-bond acceptors (Lipinski definition) is 5. The Morgan fingerprint density at radius 1 is 1.25 bits per heavy atom. The van der Waals surface area contributed by atoms with Crippen LogP contribution in [-0.4, -0.2) is 33.5 Å². The molecule has 0 aliphatic carbocycles. The molecule has 0 fully saturated rings. The van der Waals surface area contributed by atoms with Crippen LogP contribution in [0.25, 0.3) is 0 Å². The van der Waals surface area contributed by atoms with Crippen molar-refractivity contribution in [1.82, 2.24) is 19.7 Å². The van der Waals surface area contributed by atoms with Crippen LogP contribution in [0.5, 0.6) is 0 Å². The molecule has 0 saturated carbocycles. The van der Waals surface area contributed by atoms with E-state index in [-0.39, 0.29) is 0 Å².